The number of rotatable bonds is 11. The number of benzene rings is 1. The van der Waals surface area contributed by atoms with Gasteiger partial charge in [0, 0.05) is 11.5 Å². The first-order chi connectivity index (χ1) is 13.5. The molecule has 0 unspecified atom stereocenters. The number of thiocarbonyl (C=S) groups is 1. The Morgan fingerprint density at radius 2 is 1.75 bits per heavy atom. The van der Waals surface area contributed by atoms with Gasteiger partial charge in [-0.05, 0) is 31.4 Å². The molecule has 28 heavy (non-hydrogen) atoms. The van der Waals surface area contributed by atoms with Gasteiger partial charge in [0.25, 0.3) is 0 Å². The highest BCUT2D eigenvalue weighted by Gasteiger charge is 2.32. The van der Waals surface area contributed by atoms with E-state index < -0.39 is 0 Å². The summed E-state index contributed by atoms with van der Waals surface area (Å²) >= 11 is 5.60. The largest absolute Gasteiger partial charge is 0.496 e. The standard InChI is InChI=1S/C22H32N2O3S/c1-6-9-10-14-22(7-2,8-3)18-15-19(24-27-18)23-21(28)20-16(25-4)12-11-13-17(20)26-5/h11-13,15H,6-10,14H2,1-5H3,(H,23,24,28). The Bertz CT molecular complexity index is 747. The van der Waals surface area contributed by atoms with Crippen LogP contribution in [0.2, 0.25) is 0 Å². The van der Waals surface area contributed by atoms with Gasteiger partial charge in [-0.1, -0.05) is 63.5 Å². The summed E-state index contributed by atoms with van der Waals surface area (Å²) in [4.78, 5) is 0.485. The van der Waals surface area contributed by atoms with Crippen molar-refractivity contribution in [3.63, 3.8) is 0 Å². The Hall–Kier alpha value is -2.08. The van der Waals surface area contributed by atoms with Gasteiger partial charge in [0.05, 0.1) is 19.8 Å². The average molecular weight is 405 g/mol. The molecule has 0 aliphatic rings. The summed E-state index contributed by atoms with van der Waals surface area (Å²) in [5, 5.41) is 7.41. The van der Waals surface area contributed by atoms with Gasteiger partial charge in [-0.25, -0.2) is 0 Å². The molecule has 0 aliphatic carbocycles. The van der Waals surface area contributed by atoms with Crippen LogP contribution in [0.25, 0.3) is 0 Å². The van der Waals surface area contributed by atoms with Crippen molar-refractivity contribution in [2.45, 2.75) is 64.7 Å². The number of ether oxygens (including phenoxy) is 2. The van der Waals surface area contributed by atoms with Gasteiger partial charge in [-0.2, -0.15) is 0 Å². The monoisotopic (exact) mass is 404 g/mol. The second kappa shape index (κ2) is 10.5. The van der Waals surface area contributed by atoms with E-state index in [1.54, 1.807) is 14.2 Å². The van der Waals surface area contributed by atoms with E-state index in [0.29, 0.717) is 27.9 Å². The second-order valence-corrected chi connectivity index (χ2v) is 7.42. The van der Waals surface area contributed by atoms with Crippen LogP contribution in [-0.2, 0) is 5.41 Å². The number of anilines is 1. The highest BCUT2D eigenvalue weighted by Crippen LogP contribution is 2.38. The lowest BCUT2D eigenvalue weighted by Crippen LogP contribution is -2.23. The maximum absolute atomic E-state index is 5.76. The molecule has 5 nitrogen and oxygen atoms in total. The van der Waals surface area contributed by atoms with Crippen LogP contribution in [0.3, 0.4) is 0 Å². The molecule has 1 aromatic carbocycles. The fraction of sp³-hybridized carbons (Fsp3) is 0.545. The van der Waals surface area contributed by atoms with Crippen LogP contribution in [0.5, 0.6) is 11.5 Å². The number of nitrogens with one attached hydrogen (secondary N) is 1. The summed E-state index contributed by atoms with van der Waals surface area (Å²) < 4.78 is 16.6. The molecule has 154 valence electrons. The van der Waals surface area contributed by atoms with Gasteiger partial charge in [0.1, 0.15) is 22.2 Å². The third-order valence-corrected chi connectivity index (χ3v) is 5.85. The zero-order chi connectivity index (χ0) is 20.6. The zero-order valence-electron chi connectivity index (χ0n) is 17.6. The fourth-order valence-electron chi connectivity index (χ4n) is 3.63. The van der Waals surface area contributed by atoms with Crippen molar-refractivity contribution in [3.8, 4) is 11.5 Å². The molecule has 1 N–H and O–H groups in total. The SMILES string of the molecule is CCCCCC(CC)(CC)c1cc(NC(=S)c2c(OC)cccc2OC)no1. The fourth-order valence-corrected chi connectivity index (χ4v) is 3.93. The molecule has 0 saturated heterocycles. The third kappa shape index (κ3) is 4.85. The molecule has 0 saturated carbocycles. The van der Waals surface area contributed by atoms with E-state index in [2.05, 4.69) is 31.2 Å². The summed E-state index contributed by atoms with van der Waals surface area (Å²) in [6.07, 6.45) is 6.78. The van der Waals surface area contributed by atoms with Crippen molar-refractivity contribution in [2.75, 3.05) is 19.5 Å². The normalized spacial score (nSPS) is 11.3. The van der Waals surface area contributed by atoms with Crippen molar-refractivity contribution in [2.24, 2.45) is 0 Å². The van der Waals surface area contributed by atoms with Crippen LogP contribution in [0, 0.1) is 0 Å². The molecule has 6 heteroatoms. The Kier molecular flexibility index (Phi) is 8.30. The molecule has 2 aromatic rings. The molecule has 0 fully saturated rings. The van der Waals surface area contributed by atoms with E-state index in [1.807, 2.05) is 24.3 Å². The number of aromatic nitrogens is 1. The van der Waals surface area contributed by atoms with Crippen molar-refractivity contribution >= 4 is 23.0 Å². The van der Waals surface area contributed by atoms with Gasteiger partial charge in [-0.15, -0.1) is 0 Å². The van der Waals surface area contributed by atoms with Crippen LogP contribution in [-0.4, -0.2) is 24.4 Å². The van der Waals surface area contributed by atoms with Crippen molar-refractivity contribution in [1.82, 2.24) is 5.16 Å². The highest BCUT2D eigenvalue weighted by atomic mass is 32.1. The smallest absolute Gasteiger partial charge is 0.174 e. The summed E-state index contributed by atoms with van der Waals surface area (Å²) in [5.74, 6) is 2.83. The maximum Gasteiger partial charge on any atom is 0.174 e. The van der Waals surface area contributed by atoms with Crippen molar-refractivity contribution in [1.29, 1.82) is 0 Å². The van der Waals surface area contributed by atoms with E-state index in [4.69, 9.17) is 26.2 Å². The molecule has 1 heterocycles. The minimum atomic E-state index is 0.0197. The molecule has 0 spiro atoms. The minimum absolute atomic E-state index is 0.0197. The first kappa shape index (κ1) is 22.2. The van der Waals surface area contributed by atoms with Crippen LogP contribution in [0.4, 0.5) is 5.82 Å². The lowest BCUT2D eigenvalue weighted by atomic mass is 9.75. The van der Waals surface area contributed by atoms with Crippen molar-refractivity contribution < 1.29 is 14.0 Å². The molecule has 0 radical (unpaired) electrons. The molecular weight excluding hydrogens is 372 g/mol. The van der Waals surface area contributed by atoms with Gasteiger partial charge in [0.15, 0.2) is 5.82 Å². The number of nitrogens with zero attached hydrogens (tertiary/aromatic N) is 1. The predicted molar refractivity (Wildman–Crippen MR) is 118 cm³/mol. The Labute approximate surface area is 173 Å². The summed E-state index contributed by atoms with van der Waals surface area (Å²) in [6, 6.07) is 7.55. The molecular formula is C22H32N2O3S. The average Bonchev–Trinajstić information content (AvgIpc) is 3.19. The number of unbranched alkanes of at least 4 members (excludes halogenated alkanes) is 2. The zero-order valence-corrected chi connectivity index (χ0v) is 18.4. The van der Waals surface area contributed by atoms with E-state index in [1.165, 1.54) is 19.3 Å². The minimum Gasteiger partial charge on any atom is -0.496 e. The van der Waals surface area contributed by atoms with Crippen LogP contribution in [0.1, 0.15) is 70.6 Å². The van der Waals surface area contributed by atoms with E-state index in [9.17, 15) is 0 Å². The van der Waals surface area contributed by atoms with E-state index >= 15 is 0 Å². The number of hydrogen-bond donors (Lipinski definition) is 1. The summed E-state index contributed by atoms with van der Waals surface area (Å²) in [7, 11) is 3.23. The third-order valence-electron chi connectivity index (χ3n) is 5.54. The van der Waals surface area contributed by atoms with Gasteiger partial charge < -0.3 is 19.3 Å². The Morgan fingerprint density at radius 1 is 1.11 bits per heavy atom. The first-order valence-electron chi connectivity index (χ1n) is 10.0. The van der Waals surface area contributed by atoms with E-state index in [-0.39, 0.29) is 5.41 Å². The molecule has 1 aromatic heterocycles. The van der Waals surface area contributed by atoms with Crippen LogP contribution >= 0.6 is 12.2 Å². The highest BCUT2D eigenvalue weighted by molar-refractivity contribution is 7.81. The molecule has 0 atom stereocenters. The maximum atomic E-state index is 5.76. The van der Waals surface area contributed by atoms with Gasteiger partial charge in [-0.3, -0.25) is 0 Å². The predicted octanol–water partition coefficient (Wildman–Crippen LogP) is 6.12. The molecule has 0 bridgehead atoms. The topological polar surface area (TPSA) is 56.5 Å². The lowest BCUT2D eigenvalue weighted by Gasteiger charge is -2.28. The number of hydrogen-bond acceptors (Lipinski definition) is 5. The Balaban J connectivity index is 2.23. The Morgan fingerprint density at radius 3 is 2.29 bits per heavy atom. The van der Waals surface area contributed by atoms with Gasteiger partial charge >= 0.3 is 0 Å². The lowest BCUT2D eigenvalue weighted by molar-refractivity contribution is 0.252. The summed E-state index contributed by atoms with van der Waals surface area (Å²) in [6.45, 7) is 6.66. The van der Waals surface area contributed by atoms with Crippen molar-refractivity contribution in [3.05, 3.63) is 35.6 Å². The van der Waals surface area contributed by atoms with E-state index in [0.717, 1.165) is 25.0 Å². The molecule has 0 aliphatic heterocycles. The first-order valence-corrected chi connectivity index (χ1v) is 10.5. The molecule has 0 amide bonds. The van der Waals surface area contributed by atoms with Crippen LogP contribution < -0.4 is 14.8 Å². The van der Waals surface area contributed by atoms with Gasteiger partial charge in [0.2, 0.25) is 0 Å². The number of methoxy groups -OCH3 is 2. The second-order valence-electron chi connectivity index (χ2n) is 7.01. The summed E-state index contributed by atoms with van der Waals surface area (Å²) in [5.41, 5.74) is 0.721. The quantitative estimate of drug-likeness (QED) is 0.360. The van der Waals surface area contributed by atoms with Crippen LogP contribution in [0.15, 0.2) is 28.8 Å². The molecule has 2 rings (SSSR count).